The predicted octanol–water partition coefficient (Wildman–Crippen LogP) is 1.83. The van der Waals surface area contributed by atoms with E-state index in [1.165, 1.54) is 6.20 Å². The fourth-order valence-corrected chi connectivity index (χ4v) is 1.74. The molecule has 0 bridgehead atoms. The second-order valence-electron chi connectivity index (χ2n) is 4.17. The van der Waals surface area contributed by atoms with Crippen molar-refractivity contribution in [1.82, 2.24) is 10.3 Å². The summed E-state index contributed by atoms with van der Waals surface area (Å²) in [6, 6.07) is 9.32. The largest absolute Gasteiger partial charge is 0.481 e. The average Bonchev–Trinajstić information content (AvgIpc) is 2.42. The number of benzene rings is 1. The molecule has 0 aliphatic carbocycles. The Kier molecular flexibility index (Phi) is 4.07. The van der Waals surface area contributed by atoms with Crippen LogP contribution in [0.3, 0.4) is 0 Å². The number of para-hydroxylation sites is 1. The molecule has 0 spiro atoms. The monoisotopic (exact) mass is 258 g/mol. The predicted molar refractivity (Wildman–Crippen MR) is 70.9 cm³/mol. The van der Waals surface area contributed by atoms with Gasteiger partial charge in [-0.25, -0.2) is 0 Å². The topological polar surface area (TPSA) is 79.3 Å². The van der Waals surface area contributed by atoms with Crippen LogP contribution in [-0.4, -0.2) is 28.5 Å². The van der Waals surface area contributed by atoms with Crippen LogP contribution in [0.15, 0.2) is 36.5 Å². The quantitative estimate of drug-likeness (QED) is 0.802. The standard InChI is InChI=1S/C14H14N2O3/c17-13(18)6-3-7-15-14(19)11-8-10-4-1-2-5-12(10)16-9-11/h1-2,4-5,8-9H,3,6-7H2,(H,15,19)(H,17,18). The third-order valence-corrected chi connectivity index (χ3v) is 2.71. The molecule has 0 atom stereocenters. The zero-order valence-electron chi connectivity index (χ0n) is 10.3. The zero-order valence-corrected chi connectivity index (χ0v) is 10.3. The molecule has 5 nitrogen and oxygen atoms in total. The second-order valence-corrected chi connectivity index (χ2v) is 4.17. The number of hydrogen-bond acceptors (Lipinski definition) is 3. The van der Waals surface area contributed by atoms with Gasteiger partial charge in [-0.3, -0.25) is 14.6 Å². The number of nitrogens with zero attached hydrogens (tertiary/aromatic N) is 1. The van der Waals surface area contributed by atoms with E-state index in [2.05, 4.69) is 10.3 Å². The normalized spacial score (nSPS) is 10.3. The number of rotatable bonds is 5. The summed E-state index contributed by atoms with van der Waals surface area (Å²) in [5, 5.41) is 12.1. The fourth-order valence-electron chi connectivity index (χ4n) is 1.74. The Balaban J connectivity index is 1.99. The molecule has 1 heterocycles. The first-order chi connectivity index (χ1) is 9.16. The summed E-state index contributed by atoms with van der Waals surface area (Å²) in [4.78, 5) is 26.4. The number of carbonyl (C=O) groups is 2. The first-order valence-corrected chi connectivity index (χ1v) is 6.01. The van der Waals surface area contributed by atoms with Gasteiger partial charge in [-0.05, 0) is 18.6 Å². The molecule has 98 valence electrons. The fraction of sp³-hybridized carbons (Fsp3) is 0.214. The van der Waals surface area contributed by atoms with Gasteiger partial charge in [-0.15, -0.1) is 0 Å². The highest BCUT2D eigenvalue weighted by atomic mass is 16.4. The van der Waals surface area contributed by atoms with Gasteiger partial charge in [-0.1, -0.05) is 18.2 Å². The SMILES string of the molecule is O=C(O)CCCNC(=O)c1cnc2ccccc2c1. The lowest BCUT2D eigenvalue weighted by molar-refractivity contribution is -0.137. The molecule has 2 N–H and O–H groups in total. The summed E-state index contributed by atoms with van der Waals surface area (Å²) >= 11 is 0. The van der Waals surface area contributed by atoms with Crippen molar-refractivity contribution in [2.45, 2.75) is 12.8 Å². The van der Waals surface area contributed by atoms with Crippen LogP contribution >= 0.6 is 0 Å². The molecule has 0 aliphatic heterocycles. The van der Waals surface area contributed by atoms with Crippen LogP contribution < -0.4 is 5.32 Å². The van der Waals surface area contributed by atoms with E-state index in [1.54, 1.807) is 6.07 Å². The van der Waals surface area contributed by atoms with Crippen LogP contribution in [0, 0.1) is 0 Å². The highest BCUT2D eigenvalue weighted by Gasteiger charge is 2.06. The number of amides is 1. The van der Waals surface area contributed by atoms with Crippen molar-refractivity contribution in [3.8, 4) is 0 Å². The van der Waals surface area contributed by atoms with Crippen molar-refractivity contribution < 1.29 is 14.7 Å². The molecular weight excluding hydrogens is 244 g/mol. The number of aromatic nitrogens is 1. The number of nitrogens with one attached hydrogen (secondary N) is 1. The smallest absolute Gasteiger partial charge is 0.303 e. The number of carbonyl (C=O) groups excluding carboxylic acids is 1. The molecule has 1 amide bonds. The van der Waals surface area contributed by atoms with Crippen LogP contribution in [0.5, 0.6) is 0 Å². The molecule has 0 fully saturated rings. The highest BCUT2D eigenvalue weighted by Crippen LogP contribution is 2.12. The van der Waals surface area contributed by atoms with Crippen molar-refractivity contribution in [3.63, 3.8) is 0 Å². The molecule has 1 aromatic carbocycles. The lowest BCUT2D eigenvalue weighted by atomic mass is 10.1. The maximum absolute atomic E-state index is 11.8. The van der Waals surface area contributed by atoms with Gasteiger partial charge in [0, 0.05) is 24.5 Å². The Morgan fingerprint density at radius 3 is 2.84 bits per heavy atom. The molecule has 1 aromatic heterocycles. The van der Waals surface area contributed by atoms with E-state index in [0.29, 0.717) is 18.5 Å². The van der Waals surface area contributed by atoms with E-state index >= 15 is 0 Å². The second kappa shape index (κ2) is 5.95. The van der Waals surface area contributed by atoms with Gasteiger partial charge >= 0.3 is 5.97 Å². The van der Waals surface area contributed by atoms with Crippen molar-refractivity contribution in [2.75, 3.05) is 6.54 Å². The first kappa shape index (κ1) is 13.0. The van der Waals surface area contributed by atoms with E-state index in [9.17, 15) is 9.59 Å². The molecule has 2 rings (SSSR count). The third kappa shape index (κ3) is 3.51. The van der Waals surface area contributed by atoms with Gasteiger partial charge in [0.25, 0.3) is 5.91 Å². The minimum atomic E-state index is -0.860. The van der Waals surface area contributed by atoms with Gasteiger partial charge in [-0.2, -0.15) is 0 Å². The molecule has 2 aromatic rings. The summed E-state index contributed by atoms with van der Waals surface area (Å²) in [6.07, 6.45) is 1.99. The molecule has 19 heavy (non-hydrogen) atoms. The Bertz CT molecular complexity index is 610. The lowest BCUT2D eigenvalue weighted by Gasteiger charge is -2.05. The van der Waals surface area contributed by atoms with Crippen LogP contribution in [0.1, 0.15) is 23.2 Å². The zero-order chi connectivity index (χ0) is 13.7. The van der Waals surface area contributed by atoms with E-state index < -0.39 is 5.97 Å². The van der Waals surface area contributed by atoms with Gasteiger partial charge in [0.1, 0.15) is 0 Å². The average molecular weight is 258 g/mol. The van der Waals surface area contributed by atoms with Gasteiger partial charge in [0.15, 0.2) is 0 Å². The minimum Gasteiger partial charge on any atom is -0.481 e. The maximum atomic E-state index is 11.8. The molecule has 0 radical (unpaired) electrons. The van der Waals surface area contributed by atoms with Crippen molar-refractivity contribution in [1.29, 1.82) is 0 Å². The number of carboxylic acid groups (broad SMARTS) is 1. The van der Waals surface area contributed by atoms with E-state index in [1.807, 2.05) is 24.3 Å². The highest BCUT2D eigenvalue weighted by molar-refractivity contribution is 5.97. The van der Waals surface area contributed by atoms with E-state index in [4.69, 9.17) is 5.11 Å². The van der Waals surface area contributed by atoms with E-state index in [-0.39, 0.29) is 12.3 Å². The Morgan fingerprint density at radius 1 is 1.26 bits per heavy atom. The molecule has 0 unspecified atom stereocenters. The van der Waals surface area contributed by atoms with Crippen LogP contribution in [0.4, 0.5) is 0 Å². The van der Waals surface area contributed by atoms with Crippen molar-refractivity contribution >= 4 is 22.8 Å². The summed E-state index contributed by atoms with van der Waals surface area (Å²) in [6.45, 7) is 0.345. The molecule has 0 saturated carbocycles. The summed E-state index contributed by atoms with van der Waals surface area (Å²) in [5.41, 5.74) is 1.32. The number of aliphatic carboxylic acids is 1. The number of hydrogen-bond donors (Lipinski definition) is 2. The lowest BCUT2D eigenvalue weighted by Crippen LogP contribution is -2.25. The molecule has 0 aliphatic rings. The van der Waals surface area contributed by atoms with Crippen molar-refractivity contribution in [3.05, 3.63) is 42.1 Å². The van der Waals surface area contributed by atoms with E-state index in [0.717, 1.165) is 10.9 Å². The Morgan fingerprint density at radius 2 is 2.05 bits per heavy atom. The summed E-state index contributed by atoms with van der Waals surface area (Å²) in [7, 11) is 0. The molecule has 0 saturated heterocycles. The van der Waals surface area contributed by atoms with Crippen LogP contribution in [0.2, 0.25) is 0 Å². The first-order valence-electron chi connectivity index (χ1n) is 6.01. The molecule has 5 heteroatoms. The van der Waals surface area contributed by atoms with Gasteiger partial charge in [0.2, 0.25) is 0 Å². The Labute approximate surface area is 110 Å². The van der Waals surface area contributed by atoms with Crippen molar-refractivity contribution in [2.24, 2.45) is 0 Å². The summed E-state index contributed by atoms with van der Waals surface area (Å²) < 4.78 is 0. The van der Waals surface area contributed by atoms with Gasteiger partial charge in [0.05, 0.1) is 11.1 Å². The number of fused-ring (bicyclic) bond motifs is 1. The Hall–Kier alpha value is -2.43. The van der Waals surface area contributed by atoms with Gasteiger partial charge < -0.3 is 10.4 Å². The molecular formula is C14H14N2O3. The number of carboxylic acids is 1. The maximum Gasteiger partial charge on any atom is 0.303 e. The summed E-state index contributed by atoms with van der Waals surface area (Å²) in [5.74, 6) is -1.09. The minimum absolute atomic E-state index is 0.0518. The number of pyridine rings is 1. The van der Waals surface area contributed by atoms with Crippen LogP contribution in [-0.2, 0) is 4.79 Å². The third-order valence-electron chi connectivity index (χ3n) is 2.71. The van der Waals surface area contributed by atoms with Crippen LogP contribution in [0.25, 0.3) is 10.9 Å².